The molecule has 1 unspecified atom stereocenters. The van der Waals surface area contributed by atoms with Gasteiger partial charge in [0.2, 0.25) is 0 Å². The smallest absolute Gasteiger partial charge is 0.132 e. The lowest BCUT2D eigenvalue weighted by Gasteiger charge is -2.31. The van der Waals surface area contributed by atoms with Gasteiger partial charge in [-0.3, -0.25) is 9.42 Å². The zero-order valence-corrected chi connectivity index (χ0v) is 12.1. The molecule has 0 spiro atoms. The van der Waals surface area contributed by atoms with Crippen LogP contribution in [-0.2, 0) is 0 Å². The highest BCUT2D eigenvalue weighted by Gasteiger charge is 2.25. The number of hydrogen-bond acceptors (Lipinski definition) is 1. The van der Waals surface area contributed by atoms with E-state index in [0.29, 0.717) is 5.62 Å². The van der Waals surface area contributed by atoms with Gasteiger partial charge in [-0.05, 0) is 20.8 Å². The third-order valence-electron chi connectivity index (χ3n) is 1.77. The van der Waals surface area contributed by atoms with Crippen molar-refractivity contribution < 1.29 is 0 Å². The molecule has 0 aromatic heterocycles. The van der Waals surface area contributed by atoms with E-state index in [9.17, 15) is 0 Å². The van der Waals surface area contributed by atoms with Crippen molar-refractivity contribution in [3.05, 3.63) is 0 Å². The Hall–Kier alpha value is 0.770. The Morgan fingerprint density at radius 2 is 1.64 bits per heavy atom. The lowest BCUT2D eigenvalue weighted by atomic mass is 10.1. The molecule has 0 aliphatic heterocycles. The summed E-state index contributed by atoms with van der Waals surface area (Å²) in [6, 6.07) is 0. The standard InChI is InChI=1S/C9H21Cl2N2P/c1-6-13(7-2)14(11,8-10)12-9(3,4)5/h6-8H2,1-5H3. The molecule has 0 bridgehead atoms. The fourth-order valence-electron chi connectivity index (χ4n) is 1.28. The predicted octanol–water partition coefficient (Wildman–Crippen LogP) is 4.59. The normalized spacial score (nSPS) is 16.9. The number of halogens is 2. The van der Waals surface area contributed by atoms with Crippen molar-refractivity contribution in [3.8, 4) is 0 Å². The van der Waals surface area contributed by atoms with Crippen LogP contribution < -0.4 is 0 Å². The van der Waals surface area contributed by atoms with Gasteiger partial charge in [-0.2, -0.15) is 0 Å². The summed E-state index contributed by atoms with van der Waals surface area (Å²) in [4.78, 5) is 0. The monoisotopic (exact) mass is 258 g/mol. The van der Waals surface area contributed by atoms with Crippen LogP contribution in [0.1, 0.15) is 34.6 Å². The van der Waals surface area contributed by atoms with Gasteiger partial charge in [0.05, 0.1) is 11.2 Å². The average molecular weight is 259 g/mol. The van der Waals surface area contributed by atoms with Crippen molar-refractivity contribution in [2.75, 3.05) is 18.7 Å². The molecule has 0 amide bonds. The zero-order valence-electron chi connectivity index (χ0n) is 9.72. The van der Waals surface area contributed by atoms with Crippen molar-refractivity contribution in [2.24, 2.45) is 4.74 Å². The second kappa shape index (κ2) is 5.75. The van der Waals surface area contributed by atoms with Crippen LogP contribution in [0.4, 0.5) is 0 Å². The molecular formula is C9H21Cl2N2P. The Kier molecular flexibility index (Phi) is 6.06. The molecule has 1 atom stereocenters. The van der Waals surface area contributed by atoms with E-state index in [1.54, 1.807) is 0 Å². The maximum atomic E-state index is 6.51. The number of rotatable bonds is 4. The molecule has 2 nitrogen and oxygen atoms in total. The van der Waals surface area contributed by atoms with E-state index < -0.39 is 6.56 Å². The van der Waals surface area contributed by atoms with Gasteiger partial charge in [-0.1, -0.05) is 25.1 Å². The van der Waals surface area contributed by atoms with Gasteiger partial charge in [-0.25, -0.2) is 0 Å². The summed E-state index contributed by atoms with van der Waals surface area (Å²) in [5.41, 5.74) is 0.306. The maximum absolute atomic E-state index is 6.51. The molecule has 5 heteroatoms. The van der Waals surface area contributed by atoms with Crippen LogP contribution in [0, 0.1) is 0 Å². The van der Waals surface area contributed by atoms with Gasteiger partial charge in [-0.15, -0.1) is 11.6 Å². The molecule has 0 fully saturated rings. The van der Waals surface area contributed by atoms with Crippen LogP contribution in [0.5, 0.6) is 0 Å². The minimum atomic E-state index is -1.99. The van der Waals surface area contributed by atoms with Gasteiger partial charge in [0, 0.05) is 13.1 Å². The average Bonchev–Trinajstić information content (AvgIpc) is 2.03. The fourth-order valence-corrected chi connectivity index (χ4v) is 5.34. The molecule has 0 aliphatic carbocycles. The highest BCUT2D eigenvalue weighted by molar-refractivity contribution is 7.90. The SMILES string of the molecule is CCN(CC)P(Cl)(CCl)=NC(C)(C)C. The molecular weight excluding hydrogens is 238 g/mol. The number of hydrogen-bond donors (Lipinski definition) is 0. The summed E-state index contributed by atoms with van der Waals surface area (Å²) in [6.45, 7) is 10.2. The molecule has 0 N–H and O–H groups in total. The van der Waals surface area contributed by atoms with E-state index in [2.05, 4.69) is 44.0 Å². The van der Waals surface area contributed by atoms with E-state index in [1.807, 2.05) is 0 Å². The lowest BCUT2D eigenvalue weighted by molar-refractivity contribution is 0.498. The first-order valence-corrected chi connectivity index (χ1v) is 8.24. The summed E-state index contributed by atoms with van der Waals surface area (Å²) in [6.07, 6.45) is 0. The Bertz CT molecular complexity index is 219. The van der Waals surface area contributed by atoms with Crippen molar-refractivity contribution in [2.45, 2.75) is 40.2 Å². The Morgan fingerprint density at radius 1 is 1.21 bits per heavy atom. The molecule has 0 aromatic carbocycles. The van der Waals surface area contributed by atoms with Crippen LogP contribution >= 0.6 is 29.4 Å². The lowest BCUT2D eigenvalue weighted by Crippen LogP contribution is -2.20. The maximum Gasteiger partial charge on any atom is 0.132 e. The highest BCUT2D eigenvalue weighted by Crippen LogP contribution is 2.60. The zero-order chi connectivity index (χ0) is 11.4. The molecule has 0 heterocycles. The van der Waals surface area contributed by atoms with E-state index in [0.717, 1.165) is 13.1 Å². The fraction of sp³-hybridized carbons (Fsp3) is 1.00. The van der Waals surface area contributed by atoms with E-state index in [-0.39, 0.29) is 5.54 Å². The first-order valence-electron chi connectivity index (χ1n) is 4.92. The summed E-state index contributed by atoms with van der Waals surface area (Å²) < 4.78 is 6.85. The minimum absolute atomic E-state index is 0.118. The van der Waals surface area contributed by atoms with E-state index in [4.69, 9.17) is 22.8 Å². The second-order valence-electron chi connectivity index (χ2n) is 4.17. The molecule has 86 valence electrons. The van der Waals surface area contributed by atoms with E-state index >= 15 is 0 Å². The van der Waals surface area contributed by atoms with Crippen LogP contribution in [0.25, 0.3) is 0 Å². The van der Waals surface area contributed by atoms with Gasteiger partial charge < -0.3 is 0 Å². The third-order valence-corrected chi connectivity index (χ3v) is 7.01. The van der Waals surface area contributed by atoms with E-state index in [1.165, 1.54) is 0 Å². The highest BCUT2D eigenvalue weighted by atomic mass is 35.7. The molecule has 0 saturated carbocycles. The van der Waals surface area contributed by atoms with Crippen molar-refractivity contribution in [1.82, 2.24) is 4.67 Å². The minimum Gasteiger partial charge on any atom is -0.267 e. The topological polar surface area (TPSA) is 15.6 Å². The summed E-state index contributed by atoms with van der Waals surface area (Å²) in [5.74, 6) is 0. The molecule has 0 aromatic rings. The molecule has 0 rings (SSSR count). The van der Waals surface area contributed by atoms with Gasteiger partial charge >= 0.3 is 0 Å². The molecule has 14 heavy (non-hydrogen) atoms. The Balaban J connectivity index is 5.05. The first-order chi connectivity index (χ1) is 6.29. The van der Waals surface area contributed by atoms with Crippen LogP contribution in [0.2, 0.25) is 0 Å². The van der Waals surface area contributed by atoms with Crippen molar-refractivity contribution >= 4 is 29.4 Å². The number of nitrogens with zero attached hydrogens (tertiary/aromatic N) is 2. The molecule has 0 radical (unpaired) electrons. The summed E-state index contributed by atoms with van der Waals surface area (Å²) >= 11 is 12.5. The predicted molar refractivity (Wildman–Crippen MR) is 68.6 cm³/mol. The Labute approximate surface area is 97.9 Å². The van der Waals surface area contributed by atoms with Crippen LogP contribution in [0.15, 0.2) is 4.74 Å². The quantitative estimate of drug-likeness (QED) is 0.532. The van der Waals surface area contributed by atoms with Gasteiger partial charge in [0.1, 0.15) is 6.56 Å². The first kappa shape index (κ1) is 14.8. The Morgan fingerprint density at radius 3 is 1.86 bits per heavy atom. The second-order valence-corrected chi connectivity index (χ2v) is 8.80. The van der Waals surface area contributed by atoms with Crippen molar-refractivity contribution in [3.63, 3.8) is 0 Å². The molecule has 0 aliphatic rings. The van der Waals surface area contributed by atoms with Gasteiger partial charge in [0.25, 0.3) is 0 Å². The number of alkyl halides is 1. The van der Waals surface area contributed by atoms with Crippen LogP contribution in [0.3, 0.4) is 0 Å². The van der Waals surface area contributed by atoms with Gasteiger partial charge in [0.15, 0.2) is 0 Å². The van der Waals surface area contributed by atoms with Crippen molar-refractivity contribution in [1.29, 1.82) is 0 Å². The summed E-state index contributed by atoms with van der Waals surface area (Å²) in [5, 5.41) is 0. The third kappa shape index (κ3) is 4.53. The molecule has 0 saturated heterocycles. The largest absolute Gasteiger partial charge is 0.267 e. The van der Waals surface area contributed by atoms with Crippen LogP contribution in [-0.4, -0.2) is 28.9 Å². The summed E-state index contributed by atoms with van der Waals surface area (Å²) in [7, 11) is 0.